The van der Waals surface area contributed by atoms with Crippen molar-refractivity contribution in [3.05, 3.63) is 53.2 Å². The largest absolute Gasteiger partial charge is 0.379 e. The van der Waals surface area contributed by atoms with Crippen molar-refractivity contribution in [2.45, 2.75) is 10.9 Å². The third-order valence-electron chi connectivity index (χ3n) is 4.70. The highest BCUT2D eigenvalue weighted by Gasteiger charge is 2.26. The predicted octanol–water partition coefficient (Wildman–Crippen LogP) is 2.47. The molecule has 0 saturated carbocycles. The van der Waals surface area contributed by atoms with Gasteiger partial charge in [0.05, 0.1) is 19.3 Å². The number of morpholine rings is 1. The van der Waals surface area contributed by atoms with E-state index in [1.165, 1.54) is 10.5 Å². The van der Waals surface area contributed by atoms with E-state index in [1.54, 1.807) is 12.1 Å². The Kier molecular flexibility index (Phi) is 6.90. The van der Waals surface area contributed by atoms with Crippen molar-refractivity contribution in [2.24, 2.45) is 0 Å². The summed E-state index contributed by atoms with van der Waals surface area (Å²) in [6, 6.07) is 11.2. The molecule has 0 spiro atoms. The van der Waals surface area contributed by atoms with Crippen LogP contribution < -0.4 is 5.32 Å². The fraction of sp³-hybridized carbons (Fsp3) is 0.421. The van der Waals surface area contributed by atoms with Gasteiger partial charge in [0.15, 0.2) is 0 Å². The summed E-state index contributed by atoms with van der Waals surface area (Å²) < 4.78 is 32.0. The van der Waals surface area contributed by atoms with E-state index in [-0.39, 0.29) is 10.9 Å². The first kappa shape index (κ1) is 21.0. The summed E-state index contributed by atoms with van der Waals surface area (Å²) in [5.41, 5.74) is 1.13. The molecule has 1 fully saturated rings. The van der Waals surface area contributed by atoms with E-state index >= 15 is 0 Å². The van der Waals surface area contributed by atoms with Crippen molar-refractivity contribution in [3.8, 4) is 0 Å². The number of hydrogen-bond acceptors (Lipinski definition) is 6. The summed E-state index contributed by atoms with van der Waals surface area (Å²) in [5.74, 6) is 0.627. The molecule has 7 nitrogen and oxygen atoms in total. The molecule has 3 rings (SSSR count). The maximum Gasteiger partial charge on any atom is 0.244 e. The SMILES string of the molecule is CN(C)C(CNc1ccc(S(=O)(=O)N2CCOCC2)cn1)c1ccc(Cl)cc1. The number of nitrogens with zero attached hydrogens (tertiary/aromatic N) is 3. The predicted molar refractivity (Wildman–Crippen MR) is 110 cm³/mol. The number of sulfonamides is 1. The molecule has 0 aliphatic carbocycles. The number of benzene rings is 1. The Hall–Kier alpha value is -1.71. The van der Waals surface area contributed by atoms with Gasteiger partial charge < -0.3 is 15.0 Å². The minimum Gasteiger partial charge on any atom is -0.379 e. The number of nitrogens with one attached hydrogen (secondary N) is 1. The molecule has 1 aromatic heterocycles. The second kappa shape index (κ2) is 9.19. The summed E-state index contributed by atoms with van der Waals surface area (Å²) in [6.45, 7) is 2.20. The first-order valence-electron chi connectivity index (χ1n) is 9.07. The summed E-state index contributed by atoms with van der Waals surface area (Å²) >= 11 is 5.98. The number of anilines is 1. The first-order chi connectivity index (χ1) is 13.4. The Bertz CT molecular complexity index is 867. The lowest BCUT2D eigenvalue weighted by molar-refractivity contribution is 0.0730. The molecule has 9 heteroatoms. The van der Waals surface area contributed by atoms with Crippen molar-refractivity contribution in [2.75, 3.05) is 52.3 Å². The molecular weight excluding hydrogens is 400 g/mol. The van der Waals surface area contributed by atoms with Crippen LogP contribution in [0.3, 0.4) is 0 Å². The molecule has 1 N–H and O–H groups in total. The van der Waals surface area contributed by atoms with E-state index in [1.807, 2.05) is 38.4 Å². The molecule has 1 saturated heterocycles. The molecule has 0 radical (unpaired) electrons. The van der Waals surface area contributed by atoms with E-state index in [4.69, 9.17) is 16.3 Å². The molecule has 1 aliphatic heterocycles. The highest BCUT2D eigenvalue weighted by atomic mass is 35.5. The highest BCUT2D eigenvalue weighted by Crippen LogP contribution is 2.22. The molecule has 1 aromatic carbocycles. The average Bonchev–Trinajstić information content (AvgIpc) is 2.70. The van der Waals surface area contributed by atoms with Crippen LogP contribution in [-0.4, -0.2) is 69.6 Å². The van der Waals surface area contributed by atoms with Gasteiger partial charge in [-0.3, -0.25) is 0 Å². The molecular formula is C19H25ClN4O3S. The van der Waals surface area contributed by atoms with Gasteiger partial charge in [-0.05, 0) is 43.9 Å². The topological polar surface area (TPSA) is 74.8 Å². The zero-order valence-electron chi connectivity index (χ0n) is 16.0. The van der Waals surface area contributed by atoms with Crippen molar-refractivity contribution in [1.82, 2.24) is 14.2 Å². The van der Waals surface area contributed by atoms with Gasteiger partial charge in [-0.25, -0.2) is 13.4 Å². The van der Waals surface area contributed by atoms with E-state index in [0.29, 0.717) is 43.7 Å². The zero-order chi connectivity index (χ0) is 20.1. The Labute approximate surface area is 171 Å². The number of hydrogen-bond donors (Lipinski definition) is 1. The molecule has 1 unspecified atom stereocenters. The molecule has 1 aliphatic rings. The maximum absolute atomic E-state index is 12.7. The Morgan fingerprint density at radius 1 is 1.18 bits per heavy atom. The Morgan fingerprint density at radius 3 is 2.43 bits per heavy atom. The fourth-order valence-corrected chi connectivity index (χ4v) is 4.54. The number of aromatic nitrogens is 1. The smallest absolute Gasteiger partial charge is 0.244 e. The quantitative estimate of drug-likeness (QED) is 0.736. The molecule has 2 heterocycles. The van der Waals surface area contributed by atoms with Crippen LogP contribution in [0.2, 0.25) is 5.02 Å². The van der Waals surface area contributed by atoms with E-state index in [9.17, 15) is 8.42 Å². The zero-order valence-corrected chi connectivity index (χ0v) is 17.6. The lowest BCUT2D eigenvalue weighted by Gasteiger charge is -2.26. The molecule has 0 bridgehead atoms. The van der Waals surface area contributed by atoms with Crippen LogP contribution in [0.1, 0.15) is 11.6 Å². The van der Waals surface area contributed by atoms with Gasteiger partial charge in [0, 0.05) is 30.9 Å². The van der Waals surface area contributed by atoms with Gasteiger partial charge in [0.2, 0.25) is 10.0 Å². The van der Waals surface area contributed by atoms with Crippen LogP contribution in [0.15, 0.2) is 47.5 Å². The minimum atomic E-state index is -3.53. The molecule has 0 amide bonds. The molecule has 28 heavy (non-hydrogen) atoms. The average molecular weight is 425 g/mol. The number of rotatable bonds is 7. The Morgan fingerprint density at radius 2 is 1.86 bits per heavy atom. The van der Waals surface area contributed by atoms with Crippen molar-refractivity contribution in [3.63, 3.8) is 0 Å². The fourth-order valence-electron chi connectivity index (χ4n) is 3.06. The Balaban J connectivity index is 1.67. The van der Waals surface area contributed by atoms with Crippen LogP contribution >= 0.6 is 11.6 Å². The van der Waals surface area contributed by atoms with Crippen LogP contribution in [0.25, 0.3) is 0 Å². The number of likely N-dealkylation sites (N-methyl/N-ethyl adjacent to an activating group) is 1. The van der Waals surface area contributed by atoms with E-state index in [0.717, 1.165) is 5.56 Å². The molecule has 2 aromatic rings. The van der Waals surface area contributed by atoms with Crippen LogP contribution in [0.5, 0.6) is 0 Å². The number of pyridine rings is 1. The third-order valence-corrected chi connectivity index (χ3v) is 6.83. The first-order valence-corrected chi connectivity index (χ1v) is 10.9. The minimum absolute atomic E-state index is 0.121. The van der Waals surface area contributed by atoms with Crippen molar-refractivity contribution in [1.29, 1.82) is 0 Å². The molecule has 152 valence electrons. The van der Waals surface area contributed by atoms with Crippen molar-refractivity contribution < 1.29 is 13.2 Å². The van der Waals surface area contributed by atoms with Gasteiger partial charge in [-0.15, -0.1) is 0 Å². The van der Waals surface area contributed by atoms with Crippen LogP contribution in [0, 0.1) is 0 Å². The normalized spacial score (nSPS) is 16.9. The highest BCUT2D eigenvalue weighted by molar-refractivity contribution is 7.89. The second-order valence-corrected chi connectivity index (χ2v) is 9.18. The van der Waals surface area contributed by atoms with E-state index in [2.05, 4.69) is 15.2 Å². The second-order valence-electron chi connectivity index (χ2n) is 6.81. The van der Waals surface area contributed by atoms with E-state index < -0.39 is 10.0 Å². The number of ether oxygens (including phenoxy) is 1. The van der Waals surface area contributed by atoms with Crippen LogP contribution in [0.4, 0.5) is 5.82 Å². The van der Waals surface area contributed by atoms with Gasteiger partial charge in [0.25, 0.3) is 0 Å². The number of halogens is 1. The van der Waals surface area contributed by atoms with Gasteiger partial charge in [-0.1, -0.05) is 23.7 Å². The monoisotopic (exact) mass is 424 g/mol. The summed E-state index contributed by atoms with van der Waals surface area (Å²) in [4.78, 5) is 6.59. The maximum atomic E-state index is 12.7. The van der Waals surface area contributed by atoms with Crippen LogP contribution in [-0.2, 0) is 14.8 Å². The summed E-state index contributed by atoms with van der Waals surface area (Å²) in [5, 5.41) is 3.98. The molecule has 1 atom stereocenters. The standard InChI is InChI=1S/C19H25ClN4O3S/c1-23(2)18(15-3-5-16(20)6-4-15)14-22-19-8-7-17(13-21-19)28(25,26)24-9-11-27-12-10-24/h3-8,13,18H,9-12,14H2,1-2H3,(H,21,22). The van der Waals surface area contributed by atoms with Gasteiger partial charge in [0.1, 0.15) is 10.7 Å². The third kappa shape index (κ3) is 5.01. The lowest BCUT2D eigenvalue weighted by Crippen LogP contribution is -2.40. The van der Waals surface area contributed by atoms with Gasteiger partial charge >= 0.3 is 0 Å². The lowest BCUT2D eigenvalue weighted by atomic mass is 10.1. The summed E-state index contributed by atoms with van der Waals surface area (Å²) in [7, 11) is 0.484. The summed E-state index contributed by atoms with van der Waals surface area (Å²) in [6.07, 6.45) is 1.40. The van der Waals surface area contributed by atoms with Crippen molar-refractivity contribution >= 4 is 27.4 Å². The van der Waals surface area contributed by atoms with Gasteiger partial charge in [-0.2, -0.15) is 4.31 Å².